The molecule has 1 aromatic carbocycles. The SMILES string of the molecule is Cc1ccc(C(C(=O)N2CCN(C3=NCNC4=C3[C@H](C)CC4)CC2)[C@@H]2CCC(C)(C)N2)c(F)c1. The van der Waals surface area contributed by atoms with Crippen molar-refractivity contribution in [1.82, 2.24) is 20.4 Å². The summed E-state index contributed by atoms with van der Waals surface area (Å²) >= 11 is 0. The molecular formula is C27H38FN5O. The Morgan fingerprint density at radius 1 is 1.21 bits per heavy atom. The summed E-state index contributed by atoms with van der Waals surface area (Å²) in [5.74, 6) is 0.897. The van der Waals surface area contributed by atoms with Gasteiger partial charge in [-0.15, -0.1) is 0 Å². The van der Waals surface area contributed by atoms with Gasteiger partial charge in [0.25, 0.3) is 0 Å². The third-order valence-electron chi connectivity index (χ3n) is 8.11. The molecule has 4 aliphatic rings. The van der Waals surface area contributed by atoms with Gasteiger partial charge in [0.15, 0.2) is 0 Å². The molecule has 3 atom stereocenters. The highest BCUT2D eigenvalue weighted by atomic mass is 19.1. The molecule has 2 fully saturated rings. The number of amidine groups is 1. The Kier molecular flexibility index (Phi) is 6.17. The molecule has 3 heterocycles. The fourth-order valence-corrected chi connectivity index (χ4v) is 6.20. The Hall–Kier alpha value is -2.41. The molecule has 2 N–H and O–H groups in total. The normalized spacial score (nSPS) is 27.4. The largest absolute Gasteiger partial charge is 0.369 e. The van der Waals surface area contributed by atoms with Crippen molar-refractivity contribution < 1.29 is 9.18 Å². The van der Waals surface area contributed by atoms with Gasteiger partial charge < -0.3 is 20.4 Å². The molecule has 1 unspecified atom stereocenters. The van der Waals surface area contributed by atoms with Crippen LogP contribution in [-0.2, 0) is 4.79 Å². The summed E-state index contributed by atoms with van der Waals surface area (Å²) in [6, 6.07) is 5.23. The summed E-state index contributed by atoms with van der Waals surface area (Å²) < 4.78 is 15.1. The van der Waals surface area contributed by atoms with E-state index >= 15 is 4.39 Å². The number of allylic oxidation sites excluding steroid dienone is 1. The number of benzene rings is 1. The molecule has 34 heavy (non-hydrogen) atoms. The lowest BCUT2D eigenvalue weighted by Crippen LogP contribution is -2.54. The van der Waals surface area contributed by atoms with Crippen LogP contribution in [0.25, 0.3) is 0 Å². The van der Waals surface area contributed by atoms with Gasteiger partial charge in [0, 0.05) is 54.6 Å². The van der Waals surface area contributed by atoms with Gasteiger partial charge in [0.1, 0.15) is 18.3 Å². The van der Waals surface area contributed by atoms with Crippen LogP contribution in [0.15, 0.2) is 34.5 Å². The lowest BCUT2D eigenvalue weighted by Gasteiger charge is -2.40. The van der Waals surface area contributed by atoms with E-state index in [1.165, 1.54) is 17.7 Å². The lowest BCUT2D eigenvalue weighted by molar-refractivity contribution is -0.134. The minimum Gasteiger partial charge on any atom is -0.369 e. The second-order valence-electron chi connectivity index (χ2n) is 11.1. The molecule has 1 aromatic rings. The maximum atomic E-state index is 15.1. The number of piperazine rings is 1. The number of halogens is 1. The Balaban J connectivity index is 1.33. The van der Waals surface area contributed by atoms with Gasteiger partial charge in [-0.1, -0.05) is 19.1 Å². The number of carbonyl (C=O) groups excluding carboxylic acids is 1. The second-order valence-corrected chi connectivity index (χ2v) is 11.1. The van der Waals surface area contributed by atoms with Gasteiger partial charge in [-0.25, -0.2) is 9.38 Å². The maximum absolute atomic E-state index is 15.1. The van der Waals surface area contributed by atoms with Crippen LogP contribution < -0.4 is 10.6 Å². The molecule has 184 valence electrons. The van der Waals surface area contributed by atoms with Crippen LogP contribution in [0.5, 0.6) is 0 Å². The van der Waals surface area contributed by atoms with E-state index in [1.807, 2.05) is 24.0 Å². The number of nitrogens with zero attached hydrogens (tertiary/aromatic N) is 3. The first-order valence-electron chi connectivity index (χ1n) is 12.8. The lowest BCUT2D eigenvalue weighted by atomic mass is 9.88. The number of amides is 1. The van der Waals surface area contributed by atoms with Crippen molar-refractivity contribution in [2.24, 2.45) is 10.9 Å². The first-order valence-corrected chi connectivity index (χ1v) is 12.8. The van der Waals surface area contributed by atoms with E-state index in [9.17, 15) is 4.79 Å². The van der Waals surface area contributed by atoms with Crippen LogP contribution in [0.1, 0.15) is 63.5 Å². The quantitative estimate of drug-likeness (QED) is 0.714. The minimum absolute atomic E-state index is 0.0407. The Morgan fingerprint density at radius 2 is 1.97 bits per heavy atom. The van der Waals surface area contributed by atoms with Crippen molar-refractivity contribution in [3.8, 4) is 0 Å². The van der Waals surface area contributed by atoms with Gasteiger partial charge in [-0.3, -0.25) is 4.79 Å². The third-order valence-corrected chi connectivity index (χ3v) is 8.11. The maximum Gasteiger partial charge on any atom is 0.231 e. The summed E-state index contributed by atoms with van der Waals surface area (Å²) in [6.07, 6.45) is 4.12. The number of aryl methyl sites for hydroxylation is 1. The molecule has 5 rings (SSSR count). The van der Waals surface area contributed by atoms with Gasteiger partial charge >= 0.3 is 0 Å². The molecule has 7 heteroatoms. The molecule has 0 radical (unpaired) electrons. The summed E-state index contributed by atoms with van der Waals surface area (Å²) in [5, 5.41) is 7.07. The topological polar surface area (TPSA) is 60.0 Å². The van der Waals surface area contributed by atoms with Crippen LogP contribution in [0.3, 0.4) is 0 Å². The molecule has 1 amide bonds. The van der Waals surface area contributed by atoms with Crippen LogP contribution in [0.4, 0.5) is 4.39 Å². The zero-order valence-electron chi connectivity index (χ0n) is 21.0. The van der Waals surface area contributed by atoms with Crippen molar-refractivity contribution in [2.75, 3.05) is 32.8 Å². The first-order chi connectivity index (χ1) is 16.2. The highest BCUT2D eigenvalue weighted by Gasteiger charge is 2.42. The van der Waals surface area contributed by atoms with Gasteiger partial charge in [0.05, 0.1) is 5.92 Å². The van der Waals surface area contributed by atoms with Crippen molar-refractivity contribution in [1.29, 1.82) is 0 Å². The van der Waals surface area contributed by atoms with Crippen LogP contribution in [0.2, 0.25) is 0 Å². The highest BCUT2D eigenvalue weighted by Crippen LogP contribution is 2.36. The molecule has 0 saturated carbocycles. The highest BCUT2D eigenvalue weighted by molar-refractivity contribution is 6.00. The van der Waals surface area contributed by atoms with Crippen LogP contribution >= 0.6 is 0 Å². The summed E-state index contributed by atoms with van der Waals surface area (Å²) in [7, 11) is 0. The fraction of sp³-hybridized carbons (Fsp3) is 0.630. The Morgan fingerprint density at radius 3 is 2.65 bits per heavy atom. The smallest absolute Gasteiger partial charge is 0.231 e. The number of aliphatic imine (C=N–C) groups is 1. The number of hydrogen-bond donors (Lipinski definition) is 2. The number of rotatable bonds is 3. The van der Waals surface area contributed by atoms with E-state index in [0.717, 1.165) is 43.8 Å². The van der Waals surface area contributed by atoms with E-state index in [2.05, 4.69) is 36.3 Å². The summed E-state index contributed by atoms with van der Waals surface area (Å²) in [4.78, 5) is 23.0. The van der Waals surface area contributed by atoms with Gasteiger partial charge in [-0.05, 0) is 64.0 Å². The van der Waals surface area contributed by atoms with E-state index in [1.54, 1.807) is 6.07 Å². The van der Waals surface area contributed by atoms with Crippen LogP contribution in [0, 0.1) is 18.7 Å². The molecule has 6 nitrogen and oxygen atoms in total. The molecule has 0 bridgehead atoms. The van der Waals surface area contributed by atoms with Crippen molar-refractivity contribution in [3.05, 3.63) is 46.4 Å². The first kappa shape index (κ1) is 23.3. The van der Waals surface area contributed by atoms with E-state index < -0.39 is 5.92 Å². The van der Waals surface area contributed by atoms with Crippen molar-refractivity contribution in [2.45, 2.75) is 70.9 Å². The number of carbonyl (C=O) groups is 1. The molecule has 1 aliphatic carbocycles. The zero-order valence-corrected chi connectivity index (χ0v) is 21.0. The second kappa shape index (κ2) is 8.99. The van der Waals surface area contributed by atoms with E-state index in [4.69, 9.17) is 4.99 Å². The molecule has 0 spiro atoms. The predicted octanol–water partition coefficient (Wildman–Crippen LogP) is 3.54. The molecular weight excluding hydrogens is 429 g/mol. The minimum atomic E-state index is -0.505. The fourth-order valence-electron chi connectivity index (χ4n) is 6.20. The van der Waals surface area contributed by atoms with Crippen molar-refractivity contribution >= 4 is 11.7 Å². The van der Waals surface area contributed by atoms with E-state index in [-0.39, 0.29) is 23.3 Å². The van der Waals surface area contributed by atoms with Crippen molar-refractivity contribution in [3.63, 3.8) is 0 Å². The average Bonchev–Trinajstić information content (AvgIpc) is 3.37. The van der Waals surface area contributed by atoms with E-state index in [0.29, 0.717) is 31.2 Å². The standard InChI is InChI=1S/C27H38FN5O/c1-17-5-7-19(20(28)15-17)24(22-9-10-27(3,4)31-22)26(34)33-13-11-32(12-14-33)25-23-18(2)6-8-21(23)29-16-30-25/h5,7,15,18,22,24,29,31H,6,8-14,16H2,1-4H3/t18-,22+,24?/m1/s1. The molecule has 2 saturated heterocycles. The average molecular weight is 468 g/mol. The van der Waals surface area contributed by atoms with Gasteiger partial charge in [-0.2, -0.15) is 0 Å². The summed E-state index contributed by atoms with van der Waals surface area (Å²) in [5.41, 5.74) is 4.06. The number of hydrogen-bond acceptors (Lipinski definition) is 5. The Bertz CT molecular complexity index is 1020. The third kappa shape index (κ3) is 4.35. The predicted molar refractivity (Wildman–Crippen MR) is 133 cm³/mol. The molecule has 3 aliphatic heterocycles. The zero-order chi connectivity index (χ0) is 24.0. The van der Waals surface area contributed by atoms with Gasteiger partial charge in [0.2, 0.25) is 5.91 Å². The number of nitrogens with one attached hydrogen (secondary N) is 2. The van der Waals surface area contributed by atoms with Crippen LogP contribution in [-0.4, -0.2) is 66.0 Å². The monoisotopic (exact) mass is 467 g/mol. The summed E-state index contributed by atoms with van der Waals surface area (Å²) in [6.45, 7) is 11.9. The molecule has 0 aromatic heterocycles. The Labute approximate surface area is 202 Å².